The second-order valence-electron chi connectivity index (χ2n) is 8.38. The number of amides is 1. The van der Waals surface area contributed by atoms with Crippen molar-refractivity contribution in [1.29, 1.82) is 0 Å². The second-order valence-corrected chi connectivity index (χ2v) is 8.38. The van der Waals surface area contributed by atoms with E-state index in [-0.39, 0.29) is 35.8 Å². The van der Waals surface area contributed by atoms with Gasteiger partial charge in [0.15, 0.2) is 5.96 Å². The molecule has 0 aromatic heterocycles. The van der Waals surface area contributed by atoms with Gasteiger partial charge in [-0.2, -0.15) is 0 Å². The Balaban J connectivity index is 0.00000364. The number of aliphatic imine (C=N–C) groups is 1. The Labute approximate surface area is 182 Å². The molecule has 2 fully saturated rings. The molecule has 7 heteroatoms. The lowest BCUT2D eigenvalue weighted by Gasteiger charge is -2.35. The van der Waals surface area contributed by atoms with E-state index in [4.69, 9.17) is 4.99 Å². The van der Waals surface area contributed by atoms with Crippen molar-refractivity contribution >= 4 is 35.8 Å². The van der Waals surface area contributed by atoms with Gasteiger partial charge in [-0.05, 0) is 45.6 Å². The van der Waals surface area contributed by atoms with Crippen LogP contribution in [0, 0.1) is 11.8 Å². The Kier molecular flexibility index (Phi) is 11.0. The topological polar surface area (TPSA) is 60.0 Å². The summed E-state index contributed by atoms with van der Waals surface area (Å²) in [7, 11) is 0. The third-order valence-corrected chi connectivity index (χ3v) is 5.50. The number of hydrogen-bond acceptors (Lipinski definition) is 3. The maximum atomic E-state index is 12.2. The van der Waals surface area contributed by atoms with E-state index in [2.05, 4.69) is 36.3 Å². The number of carbonyl (C=O) groups is 1. The van der Waals surface area contributed by atoms with Crippen LogP contribution in [0.1, 0.15) is 53.9 Å². The molecule has 0 aliphatic carbocycles. The molecule has 0 radical (unpaired) electrons. The molecule has 158 valence electrons. The van der Waals surface area contributed by atoms with Gasteiger partial charge in [0.2, 0.25) is 5.91 Å². The van der Waals surface area contributed by atoms with Crippen molar-refractivity contribution in [2.75, 3.05) is 39.3 Å². The average molecular weight is 493 g/mol. The minimum Gasteiger partial charge on any atom is -0.357 e. The van der Waals surface area contributed by atoms with Gasteiger partial charge in [-0.25, -0.2) is 0 Å². The van der Waals surface area contributed by atoms with Crippen LogP contribution in [-0.2, 0) is 4.79 Å². The van der Waals surface area contributed by atoms with Gasteiger partial charge in [0.25, 0.3) is 0 Å². The maximum absolute atomic E-state index is 12.2. The van der Waals surface area contributed by atoms with Crippen LogP contribution in [0.15, 0.2) is 4.99 Å². The first-order chi connectivity index (χ1) is 12.4. The lowest BCUT2D eigenvalue weighted by molar-refractivity contribution is -0.133. The highest BCUT2D eigenvalue weighted by atomic mass is 127. The van der Waals surface area contributed by atoms with Crippen LogP contribution in [0.25, 0.3) is 0 Å². The van der Waals surface area contributed by atoms with Gasteiger partial charge in [-0.3, -0.25) is 14.7 Å². The quantitative estimate of drug-likeness (QED) is 0.339. The van der Waals surface area contributed by atoms with E-state index < -0.39 is 0 Å². The maximum Gasteiger partial charge on any atom is 0.225 e. The van der Waals surface area contributed by atoms with E-state index in [9.17, 15) is 4.79 Å². The van der Waals surface area contributed by atoms with Crippen molar-refractivity contribution in [2.24, 2.45) is 16.8 Å². The van der Waals surface area contributed by atoms with Crippen molar-refractivity contribution in [3.8, 4) is 0 Å². The predicted octanol–water partition coefficient (Wildman–Crippen LogP) is 2.54. The van der Waals surface area contributed by atoms with Gasteiger partial charge >= 0.3 is 0 Å². The molecule has 3 atom stereocenters. The summed E-state index contributed by atoms with van der Waals surface area (Å²) in [6.07, 6.45) is 3.64. The molecule has 2 rings (SSSR count). The first-order valence-corrected chi connectivity index (χ1v) is 10.5. The Morgan fingerprint density at radius 3 is 2.56 bits per heavy atom. The first-order valence-electron chi connectivity index (χ1n) is 10.5. The lowest BCUT2D eigenvalue weighted by atomic mass is 9.99. The summed E-state index contributed by atoms with van der Waals surface area (Å²) in [5.74, 6) is 2.00. The SMILES string of the molecule is CCNC(=NCC(C)N1CCCC(C)C1)NC1CCN(C(=O)C(C)C)C1.I. The standard InChI is InChI=1S/C20H39N5O.HI/c1-6-21-20(22-12-17(5)24-10-7-8-16(4)13-24)23-18-9-11-25(14-18)19(26)15(2)3;/h15-18H,6-14H2,1-5H3,(H2,21,22,23);1H. The summed E-state index contributed by atoms with van der Waals surface area (Å²) >= 11 is 0. The monoisotopic (exact) mass is 493 g/mol. The van der Waals surface area contributed by atoms with E-state index in [1.54, 1.807) is 0 Å². The number of likely N-dealkylation sites (tertiary alicyclic amines) is 2. The summed E-state index contributed by atoms with van der Waals surface area (Å²) in [6, 6.07) is 0.761. The number of guanidine groups is 1. The number of nitrogens with zero attached hydrogens (tertiary/aromatic N) is 3. The minimum absolute atomic E-state index is 0. The smallest absolute Gasteiger partial charge is 0.225 e. The highest BCUT2D eigenvalue weighted by Gasteiger charge is 2.28. The van der Waals surface area contributed by atoms with Crippen molar-refractivity contribution in [3.05, 3.63) is 0 Å². The summed E-state index contributed by atoms with van der Waals surface area (Å²) in [6.45, 7) is 16.3. The zero-order valence-electron chi connectivity index (χ0n) is 17.8. The number of hydrogen-bond donors (Lipinski definition) is 2. The number of piperidine rings is 1. The van der Waals surface area contributed by atoms with Gasteiger partial charge in [-0.15, -0.1) is 24.0 Å². The second kappa shape index (κ2) is 12.1. The van der Waals surface area contributed by atoms with Gasteiger partial charge in [0.1, 0.15) is 0 Å². The summed E-state index contributed by atoms with van der Waals surface area (Å²) in [5, 5.41) is 6.89. The zero-order valence-corrected chi connectivity index (χ0v) is 20.2. The fourth-order valence-electron chi connectivity index (χ4n) is 3.92. The van der Waals surface area contributed by atoms with Gasteiger partial charge in [0, 0.05) is 44.2 Å². The highest BCUT2D eigenvalue weighted by Crippen LogP contribution is 2.18. The molecule has 1 amide bonds. The van der Waals surface area contributed by atoms with Crippen LogP contribution < -0.4 is 10.6 Å². The fourth-order valence-corrected chi connectivity index (χ4v) is 3.92. The Hall–Kier alpha value is -0.570. The largest absolute Gasteiger partial charge is 0.357 e. The van der Waals surface area contributed by atoms with E-state index in [1.807, 2.05) is 18.7 Å². The van der Waals surface area contributed by atoms with Crippen LogP contribution >= 0.6 is 24.0 Å². The van der Waals surface area contributed by atoms with E-state index in [0.717, 1.165) is 44.5 Å². The number of halogens is 1. The van der Waals surface area contributed by atoms with Crippen LogP contribution in [0.4, 0.5) is 0 Å². The first kappa shape index (κ1) is 24.5. The molecule has 0 bridgehead atoms. The number of rotatable bonds is 6. The molecule has 2 heterocycles. The molecule has 0 aromatic carbocycles. The molecule has 2 aliphatic rings. The van der Waals surface area contributed by atoms with Crippen LogP contribution in [0.2, 0.25) is 0 Å². The van der Waals surface area contributed by atoms with Crippen LogP contribution in [0.5, 0.6) is 0 Å². The summed E-state index contributed by atoms with van der Waals surface area (Å²) in [4.78, 5) is 21.5. The Bertz CT molecular complexity index is 485. The van der Waals surface area contributed by atoms with Crippen LogP contribution in [0.3, 0.4) is 0 Å². The number of carbonyl (C=O) groups excluding carboxylic acids is 1. The van der Waals surface area contributed by atoms with Gasteiger partial charge in [0.05, 0.1) is 6.54 Å². The van der Waals surface area contributed by atoms with Crippen LogP contribution in [-0.4, -0.2) is 73.0 Å². The van der Waals surface area contributed by atoms with Crippen molar-refractivity contribution in [1.82, 2.24) is 20.4 Å². The normalized spacial score (nSPS) is 25.3. The molecule has 0 spiro atoms. The predicted molar refractivity (Wildman–Crippen MR) is 124 cm³/mol. The minimum atomic E-state index is 0. The van der Waals surface area contributed by atoms with E-state index in [0.29, 0.717) is 12.1 Å². The molecule has 2 saturated heterocycles. The van der Waals surface area contributed by atoms with Gasteiger partial charge in [-0.1, -0.05) is 20.8 Å². The lowest BCUT2D eigenvalue weighted by Crippen LogP contribution is -2.46. The molecule has 2 aliphatic heterocycles. The molecule has 3 unspecified atom stereocenters. The molecule has 2 N–H and O–H groups in total. The Morgan fingerprint density at radius 2 is 1.93 bits per heavy atom. The molecular formula is C20H40IN5O. The van der Waals surface area contributed by atoms with Crippen molar-refractivity contribution < 1.29 is 4.79 Å². The van der Waals surface area contributed by atoms with Gasteiger partial charge < -0.3 is 15.5 Å². The Morgan fingerprint density at radius 1 is 1.19 bits per heavy atom. The molecular weight excluding hydrogens is 453 g/mol. The third-order valence-electron chi connectivity index (χ3n) is 5.50. The molecule has 0 saturated carbocycles. The van der Waals surface area contributed by atoms with E-state index >= 15 is 0 Å². The van der Waals surface area contributed by atoms with Crippen molar-refractivity contribution in [2.45, 2.75) is 66.0 Å². The third kappa shape index (κ3) is 7.75. The van der Waals surface area contributed by atoms with Crippen molar-refractivity contribution in [3.63, 3.8) is 0 Å². The summed E-state index contributed by atoms with van der Waals surface area (Å²) < 4.78 is 0. The molecule has 27 heavy (non-hydrogen) atoms. The molecule has 0 aromatic rings. The fraction of sp³-hybridized carbons (Fsp3) is 0.900. The van der Waals surface area contributed by atoms with E-state index in [1.165, 1.54) is 25.9 Å². The zero-order chi connectivity index (χ0) is 19.1. The number of nitrogens with one attached hydrogen (secondary N) is 2. The average Bonchev–Trinajstić information content (AvgIpc) is 3.07. The summed E-state index contributed by atoms with van der Waals surface area (Å²) in [5.41, 5.74) is 0. The molecule has 6 nitrogen and oxygen atoms in total. The highest BCUT2D eigenvalue weighted by molar-refractivity contribution is 14.0.